The summed E-state index contributed by atoms with van der Waals surface area (Å²) in [5.41, 5.74) is 2.70. The average Bonchev–Trinajstić information content (AvgIpc) is 3.08. The first-order chi connectivity index (χ1) is 10.1. The zero-order valence-electron chi connectivity index (χ0n) is 11.4. The minimum atomic E-state index is -0.551. The van der Waals surface area contributed by atoms with Gasteiger partial charge in [-0.1, -0.05) is 12.1 Å². The summed E-state index contributed by atoms with van der Waals surface area (Å²) in [4.78, 5) is 30.2. The first-order valence-electron chi connectivity index (χ1n) is 6.33. The number of carbonyl (C=O) groups excluding carboxylic acids is 1. The van der Waals surface area contributed by atoms with E-state index in [4.69, 9.17) is 4.52 Å². The van der Waals surface area contributed by atoms with E-state index in [0.29, 0.717) is 15.9 Å². The third-order valence-electron chi connectivity index (χ3n) is 2.93. The number of nitrogens with zero attached hydrogens (tertiary/aromatic N) is 3. The average molecular weight is 304 g/mol. The van der Waals surface area contributed by atoms with Crippen LogP contribution < -0.4 is 11.0 Å². The van der Waals surface area contributed by atoms with Crippen LogP contribution in [0.5, 0.6) is 0 Å². The molecule has 3 aromatic heterocycles. The molecule has 3 heterocycles. The fourth-order valence-electron chi connectivity index (χ4n) is 1.86. The van der Waals surface area contributed by atoms with Crippen LogP contribution in [-0.4, -0.2) is 20.7 Å². The van der Waals surface area contributed by atoms with Gasteiger partial charge in [0.05, 0.1) is 11.1 Å². The largest absolute Gasteiger partial charge is 0.351 e. The van der Waals surface area contributed by atoms with Gasteiger partial charge in [0, 0.05) is 10.9 Å². The minimum Gasteiger partial charge on any atom is -0.351 e. The highest BCUT2D eigenvalue weighted by Gasteiger charge is 2.14. The SMILES string of the molecule is CCc1cc2c(=O)n(NC(=O)c3cc(C)no3)cnc2s1. The first kappa shape index (κ1) is 13.5. The van der Waals surface area contributed by atoms with E-state index < -0.39 is 5.91 Å². The van der Waals surface area contributed by atoms with Gasteiger partial charge < -0.3 is 4.52 Å². The van der Waals surface area contributed by atoms with Crippen molar-refractivity contribution in [2.75, 3.05) is 5.43 Å². The van der Waals surface area contributed by atoms with Crippen LogP contribution >= 0.6 is 11.3 Å². The van der Waals surface area contributed by atoms with Crippen molar-refractivity contribution >= 4 is 27.5 Å². The molecule has 0 bridgehead atoms. The number of thiophene rings is 1. The molecular weight excluding hydrogens is 292 g/mol. The molecule has 1 amide bonds. The smallest absolute Gasteiger partial charge is 0.308 e. The molecule has 3 aromatic rings. The molecule has 0 unspecified atom stereocenters. The van der Waals surface area contributed by atoms with Crippen LogP contribution in [0.2, 0.25) is 0 Å². The lowest BCUT2D eigenvalue weighted by Crippen LogP contribution is -2.32. The second-order valence-corrected chi connectivity index (χ2v) is 5.59. The number of carbonyl (C=O) groups is 1. The van der Waals surface area contributed by atoms with Crippen LogP contribution in [0.3, 0.4) is 0 Å². The van der Waals surface area contributed by atoms with Gasteiger partial charge in [0.25, 0.3) is 5.56 Å². The summed E-state index contributed by atoms with van der Waals surface area (Å²) in [5, 5.41) is 4.12. The van der Waals surface area contributed by atoms with Crippen LogP contribution in [0.25, 0.3) is 10.2 Å². The summed E-state index contributed by atoms with van der Waals surface area (Å²) < 4.78 is 5.90. The third kappa shape index (κ3) is 2.45. The molecule has 3 rings (SSSR count). The summed E-state index contributed by atoms with van der Waals surface area (Å²) in [6, 6.07) is 3.29. The Morgan fingerprint density at radius 2 is 2.29 bits per heavy atom. The van der Waals surface area contributed by atoms with E-state index >= 15 is 0 Å². The molecule has 0 radical (unpaired) electrons. The summed E-state index contributed by atoms with van der Waals surface area (Å²) in [5.74, 6) is -0.510. The second-order valence-electron chi connectivity index (χ2n) is 4.48. The molecule has 0 spiro atoms. The maximum atomic E-state index is 12.3. The Labute approximate surface area is 123 Å². The normalized spacial score (nSPS) is 11.0. The van der Waals surface area contributed by atoms with Gasteiger partial charge in [-0.2, -0.15) is 0 Å². The molecule has 21 heavy (non-hydrogen) atoms. The topological polar surface area (TPSA) is 90.0 Å². The van der Waals surface area contributed by atoms with Crippen molar-refractivity contribution in [2.45, 2.75) is 20.3 Å². The predicted octanol–water partition coefficient (Wildman–Crippen LogP) is 1.70. The van der Waals surface area contributed by atoms with Crippen molar-refractivity contribution in [1.82, 2.24) is 14.8 Å². The molecule has 0 atom stereocenters. The Kier molecular flexibility index (Phi) is 3.30. The van der Waals surface area contributed by atoms with Gasteiger partial charge in [-0.05, 0) is 19.4 Å². The Bertz CT molecular complexity index is 877. The van der Waals surface area contributed by atoms with E-state index in [-0.39, 0.29) is 11.3 Å². The van der Waals surface area contributed by atoms with E-state index in [0.717, 1.165) is 16.0 Å². The number of hydrogen-bond acceptors (Lipinski definition) is 6. The van der Waals surface area contributed by atoms with E-state index in [1.807, 2.05) is 6.92 Å². The van der Waals surface area contributed by atoms with E-state index in [2.05, 4.69) is 15.6 Å². The lowest BCUT2D eigenvalue weighted by Gasteiger charge is -2.04. The van der Waals surface area contributed by atoms with E-state index in [1.165, 1.54) is 23.7 Å². The molecule has 0 fully saturated rings. The molecule has 108 valence electrons. The number of aryl methyl sites for hydroxylation is 2. The molecular formula is C13H12N4O3S. The van der Waals surface area contributed by atoms with Gasteiger partial charge in [-0.3, -0.25) is 15.0 Å². The van der Waals surface area contributed by atoms with Crippen molar-refractivity contribution in [3.63, 3.8) is 0 Å². The Morgan fingerprint density at radius 3 is 2.95 bits per heavy atom. The molecule has 8 heteroatoms. The molecule has 0 aliphatic carbocycles. The monoisotopic (exact) mass is 304 g/mol. The molecule has 0 saturated carbocycles. The molecule has 0 aromatic carbocycles. The lowest BCUT2D eigenvalue weighted by molar-refractivity contribution is 0.0972. The van der Waals surface area contributed by atoms with Crippen LogP contribution in [0.1, 0.15) is 28.0 Å². The Morgan fingerprint density at radius 1 is 1.48 bits per heavy atom. The van der Waals surface area contributed by atoms with Crippen LogP contribution in [0.15, 0.2) is 27.8 Å². The molecule has 0 saturated heterocycles. The summed E-state index contributed by atoms with van der Waals surface area (Å²) in [6.07, 6.45) is 2.13. The quantitative estimate of drug-likeness (QED) is 0.795. The molecule has 7 nitrogen and oxygen atoms in total. The standard InChI is InChI=1S/C13H12N4O3S/c1-3-8-5-9-12(21-8)14-6-17(13(9)19)15-11(18)10-4-7(2)16-20-10/h4-6H,3H2,1-2H3,(H,15,18). The zero-order chi connectivity index (χ0) is 15.0. The molecule has 0 aliphatic rings. The highest BCUT2D eigenvalue weighted by atomic mass is 32.1. The van der Waals surface area contributed by atoms with E-state index in [9.17, 15) is 9.59 Å². The molecule has 1 N–H and O–H groups in total. The van der Waals surface area contributed by atoms with Crippen LogP contribution in [-0.2, 0) is 6.42 Å². The van der Waals surface area contributed by atoms with Crippen molar-refractivity contribution in [1.29, 1.82) is 0 Å². The number of aromatic nitrogens is 3. The summed E-state index contributed by atoms with van der Waals surface area (Å²) in [6.45, 7) is 3.72. The Hall–Kier alpha value is -2.48. The van der Waals surface area contributed by atoms with Gasteiger partial charge >= 0.3 is 5.91 Å². The lowest BCUT2D eigenvalue weighted by atomic mass is 10.3. The van der Waals surface area contributed by atoms with Crippen molar-refractivity contribution in [3.05, 3.63) is 45.1 Å². The van der Waals surface area contributed by atoms with Crippen LogP contribution in [0.4, 0.5) is 0 Å². The van der Waals surface area contributed by atoms with Gasteiger partial charge in [0.15, 0.2) is 0 Å². The van der Waals surface area contributed by atoms with Crippen molar-refractivity contribution in [3.8, 4) is 0 Å². The highest BCUT2D eigenvalue weighted by molar-refractivity contribution is 7.18. The zero-order valence-corrected chi connectivity index (χ0v) is 12.2. The van der Waals surface area contributed by atoms with Crippen molar-refractivity contribution < 1.29 is 9.32 Å². The van der Waals surface area contributed by atoms with Gasteiger partial charge in [0.1, 0.15) is 11.2 Å². The third-order valence-corrected chi connectivity index (χ3v) is 4.11. The predicted molar refractivity (Wildman–Crippen MR) is 78.2 cm³/mol. The maximum Gasteiger partial charge on any atom is 0.308 e. The second kappa shape index (κ2) is 5.13. The number of amides is 1. The first-order valence-corrected chi connectivity index (χ1v) is 7.15. The fourth-order valence-corrected chi connectivity index (χ4v) is 2.79. The van der Waals surface area contributed by atoms with Gasteiger partial charge in [-0.15, -0.1) is 11.3 Å². The van der Waals surface area contributed by atoms with Crippen LogP contribution in [0, 0.1) is 6.92 Å². The van der Waals surface area contributed by atoms with Crippen molar-refractivity contribution in [2.24, 2.45) is 0 Å². The summed E-state index contributed by atoms with van der Waals surface area (Å²) >= 11 is 1.47. The van der Waals surface area contributed by atoms with Gasteiger partial charge in [0.2, 0.25) is 5.76 Å². The van der Waals surface area contributed by atoms with E-state index in [1.54, 1.807) is 13.0 Å². The van der Waals surface area contributed by atoms with Gasteiger partial charge in [-0.25, -0.2) is 9.66 Å². The number of hydrogen-bond donors (Lipinski definition) is 1. The number of fused-ring (bicyclic) bond motifs is 1. The summed E-state index contributed by atoms with van der Waals surface area (Å²) in [7, 11) is 0. The Balaban J connectivity index is 1.95. The number of nitrogens with one attached hydrogen (secondary N) is 1. The molecule has 0 aliphatic heterocycles. The highest BCUT2D eigenvalue weighted by Crippen LogP contribution is 2.20. The maximum absolute atomic E-state index is 12.3. The minimum absolute atomic E-state index is 0.0408. The number of rotatable bonds is 3. The fraction of sp³-hybridized carbons (Fsp3) is 0.231.